The van der Waals surface area contributed by atoms with Crippen LogP contribution in [0.5, 0.6) is 5.75 Å². The van der Waals surface area contributed by atoms with Gasteiger partial charge in [-0.2, -0.15) is 13.2 Å². The zero-order valence-electron chi connectivity index (χ0n) is 14.4. The van der Waals surface area contributed by atoms with Crippen LogP contribution in [-0.2, 0) is 16.0 Å². The normalized spacial score (nSPS) is 16.8. The summed E-state index contributed by atoms with van der Waals surface area (Å²) in [5.74, 6) is -2.09. The van der Waals surface area contributed by atoms with Crippen molar-refractivity contribution in [1.29, 1.82) is 0 Å². The lowest BCUT2D eigenvalue weighted by molar-refractivity contribution is -0.192. The summed E-state index contributed by atoms with van der Waals surface area (Å²) >= 11 is 1.08. The van der Waals surface area contributed by atoms with E-state index in [0.717, 1.165) is 23.1 Å². The SMILES string of the molecule is CCOc1ccc(CC2SC(=O)N(CCN)C2=O)cc1.O=C(O)C(F)(F)F. The van der Waals surface area contributed by atoms with Crippen LogP contribution in [0, 0.1) is 0 Å². The summed E-state index contributed by atoms with van der Waals surface area (Å²) in [5, 5.41) is 6.59. The first kappa shape index (κ1) is 22.8. The standard InChI is InChI=1S/C14H18N2O3S.C2HF3O2/c1-2-19-11-5-3-10(4-6-11)9-12-13(17)16(8-7-15)14(18)20-12;3-2(4,5)1(6)7/h3-6,12H,2,7-9,15H2,1H3;(H,6,7). The second-order valence-corrected chi connectivity index (χ2v) is 6.39. The van der Waals surface area contributed by atoms with Crippen molar-refractivity contribution < 1.29 is 37.4 Å². The number of imide groups is 1. The molecule has 1 aliphatic heterocycles. The molecule has 3 N–H and O–H groups in total. The Kier molecular flexibility index (Phi) is 8.57. The van der Waals surface area contributed by atoms with E-state index in [9.17, 15) is 22.8 Å². The van der Waals surface area contributed by atoms with Gasteiger partial charge in [0, 0.05) is 13.1 Å². The molecule has 0 bridgehead atoms. The molecule has 150 valence electrons. The summed E-state index contributed by atoms with van der Waals surface area (Å²) in [4.78, 5) is 33.9. The lowest BCUT2D eigenvalue weighted by atomic mass is 10.1. The van der Waals surface area contributed by atoms with Crippen LogP contribution in [0.1, 0.15) is 12.5 Å². The molecule has 1 atom stereocenters. The molecule has 7 nitrogen and oxygen atoms in total. The number of thioether (sulfide) groups is 1. The second kappa shape index (κ2) is 10.2. The Hall–Kier alpha value is -2.27. The fourth-order valence-corrected chi connectivity index (χ4v) is 3.12. The molecular weight excluding hydrogens is 389 g/mol. The maximum atomic E-state index is 12.1. The van der Waals surface area contributed by atoms with Gasteiger partial charge in [0.25, 0.3) is 5.24 Å². The van der Waals surface area contributed by atoms with Crippen molar-refractivity contribution in [2.45, 2.75) is 24.8 Å². The Morgan fingerprint density at radius 1 is 1.30 bits per heavy atom. The zero-order chi connectivity index (χ0) is 20.6. The van der Waals surface area contributed by atoms with Crippen LogP contribution in [0.25, 0.3) is 0 Å². The van der Waals surface area contributed by atoms with Gasteiger partial charge in [-0.1, -0.05) is 23.9 Å². The lowest BCUT2D eigenvalue weighted by Crippen LogP contribution is -2.36. The van der Waals surface area contributed by atoms with E-state index in [0.29, 0.717) is 26.1 Å². The number of nitrogens with two attached hydrogens (primary N) is 1. The van der Waals surface area contributed by atoms with Crippen LogP contribution in [0.2, 0.25) is 0 Å². The molecule has 0 aromatic heterocycles. The first-order valence-electron chi connectivity index (χ1n) is 7.84. The van der Waals surface area contributed by atoms with Crippen molar-refractivity contribution in [1.82, 2.24) is 4.90 Å². The molecule has 0 saturated carbocycles. The molecular formula is C16H19F3N2O5S. The molecule has 27 heavy (non-hydrogen) atoms. The average Bonchev–Trinajstić information content (AvgIpc) is 2.84. The third kappa shape index (κ3) is 7.10. The number of halogens is 3. The Bertz CT molecular complexity index is 667. The summed E-state index contributed by atoms with van der Waals surface area (Å²) < 4.78 is 37.1. The molecule has 0 aliphatic carbocycles. The molecule has 1 fully saturated rings. The van der Waals surface area contributed by atoms with Crippen LogP contribution >= 0.6 is 11.8 Å². The summed E-state index contributed by atoms with van der Waals surface area (Å²) in [6.45, 7) is 3.15. The topological polar surface area (TPSA) is 110 Å². The maximum absolute atomic E-state index is 12.1. The molecule has 1 unspecified atom stereocenters. The number of carboxylic acids is 1. The highest BCUT2D eigenvalue weighted by molar-refractivity contribution is 8.15. The smallest absolute Gasteiger partial charge is 0.490 e. The van der Waals surface area contributed by atoms with Crippen molar-refractivity contribution in [2.75, 3.05) is 19.7 Å². The number of hydrogen-bond donors (Lipinski definition) is 2. The van der Waals surface area contributed by atoms with Crippen molar-refractivity contribution in [3.8, 4) is 5.75 Å². The van der Waals surface area contributed by atoms with E-state index in [1.165, 1.54) is 4.90 Å². The Morgan fingerprint density at radius 2 is 1.85 bits per heavy atom. The van der Waals surface area contributed by atoms with Gasteiger partial charge in [0.1, 0.15) is 5.75 Å². The van der Waals surface area contributed by atoms with Crippen molar-refractivity contribution in [2.24, 2.45) is 5.73 Å². The van der Waals surface area contributed by atoms with Gasteiger partial charge in [0.05, 0.1) is 11.9 Å². The molecule has 1 saturated heterocycles. The monoisotopic (exact) mass is 408 g/mol. The number of amides is 2. The number of rotatable bonds is 6. The third-order valence-electron chi connectivity index (χ3n) is 3.26. The summed E-state index contributed by atoms with van der Waals surface area (Å²) in [5.41, 5.74) is 6.42. The molecule has 0 radical (unpaired) electrons. The highest BCUT2D eigenvalue weighted by atomic mass is 32.2. The van der Waals surface area contributed by atoms with Crippen molar-refractivity contribution in [3.05, 3.63) is 29.8 Å². The zero-order valence-corrected chi connectivity index (χ0v) is 15.2. The van der Waals surface area contributed by atoms with Crippen LogP contribution in [-0.4, -0.2) is 58.2 Å². The molecule has 2 rings (SSSR count). The van der Waals surface area contributed by atoms with Crippen LogP contribution < -0.4 is 10.5 Å². The van der Waals surface area contributed by atoms with Gasteiger partial charge in [-0.3, -0.25) is 14.5 Å². The molecule has 11 heteroatoms. The van der Waals surface area contributed by atoms with Gasteiger partial charge in [0.2, 0.25) is 5.91 Å². The van der Waals surface area contributed by atoms with Gasteiger partial charge in [-0.05, 0) is 31.0 Å². The Labute approximate surface area is 157 Å². The fourth-order valence-electron chi connectivity index (χ4n) is 2.06. The number of benzene rings is 1. The van der Waals surface area contributed by atoms with E-state index >= 15 is 0 Å². The number of alkyl halides is 3. The van der Waals surface area contributed by atoms with E-state index in [2.05, 4.69) is 0 Å². The number of carbonyl (C=O) groups excluding carboxylic acids is 2. The van der Waals surface area contributed by atoms with Crippen molar-refractivity contribution >= 4 is 28.9 Å². The van der Waals surface area contributed by atoms with Gasteiger partial charge in [0.15, 0.2) is 0 Å². The highest BCUT2D eigenvalue weighted by Crippen LogP contribution is 2.29. The van der Waals surface area contributed by atoms with Crippen LogP contribution in [0.4, 0.5) is 18.0 Å². The van der Waals surface area contributed by atoms with E-state index in [-0.39, 0.29) is 16.4 Å². The van der Waals surface area contributed by atoms with E-state index in [4.69, 9.17) is 20.4 Å². The Morgan fingerprint density at radius 3 is 2.30 bits per heavy atom. The molecule has 0 spiro atoms. The minimum absolute atomic E-state index is 0.140. The van der Waals surface area contributed by atoms with Gasteiger partial charge < -0.3 is 15.6 Å². The molecule has 1 aromatic carbocycles. The van der Waals surface area contributed by atoms with Crippen molar-refractivity contribution in [3.63, 3.8) is 0 Å². The lowest BCUT2D eigenvalue weighted by Gasteiger charge is -2.12. The van der Waals surface area contributed by atoms with Gasteiger partial charge >= 0.3 is 12.1 Å². The predicted molar refractivity (Wildman–Crippen MR) is 92.5 cm³/mol. The number of carboxylic acid groups (broad SMARTS) is 1. The predicted octanol–water partition coefficient (Wildman–Crippen LogP) is 2.28. The van der Waals surface area contributed by atoms with E-state index in [1.54, 1.807) is 0 Å². The number of hydrogen-bond acceptors (Lipinski definition) is 6. The molecule has 1 aliphatic rings. The van der Waals surface area contributed by atoms with Crippen LogP contribution in [0.15, 0.2) is 24.3 Å². The average molecular weight is 408 g/mol. The fraction of sp³-hybridized carbons (Fsp3) is 0.438. The minimum atomic E-state index is -5.08. The number of aliphatic carboxylic acids is 1. The largest absolute Gasteiger partial charge is 0.494 e. The first-order valence-corrected chi connectivity index (χ1v) is 8.72. The number of ether oxygens (including phenoxy) is 1. The summed E-state index contributed by atoms with van der Waals surface area (Å²) in [6, 6.07) is 7.61. The van der Waals surface area contributed by atoms with Gasteiger partial charge in [-0.15, -0.1) is 0 Å². The molecule has 1 aromatic rings. The Balaban J connectivity index is 0.000000445. The second-order valence-electron chi connectivity index (χ2n) is 5.23. The summed E-state index contributed by atoms with van der Waals surface area (Å²) in [6.07, 6.45) is -4.54. The quantitative estimate of drug-likeness (QED) is 0.743. The molecule has 2 amide bonds. The highest BCUT2D eigenvalue weighted by Gasteiger charge is 2.39. The van der Waals surface area contributed by atoms with E-state index in [1.807, 2.05) is 31.2 Å². The maximum Gasteiger partial charge on any atom is 0.490 e. The third-order valence-corrected chi connectivity index (χ3v) is 4.33. The van der Waals surface area contributed by atoms with Gasteiger partial charge in [-0.25, -0.2) is 4.79 Å². The van der Waals surface area contributed by atoms with Crippen LogP contribution in [0.3, 0.4) is 0 Å². The molecule has 1 heterocycles. The number of carbonyl (C=O) groups is 3. The minimum Gasteiger partial charge on any atom is -0.494 e. The first-order chi connectivity index (χ1) is 12.6. The number of nitrogens with zero attached hydrogens (tertiary/aromatic N) is 1. The summed E-state index contributed by atoms with van der Waals surface area (Å²) in [7, 11) is 0. The van der Waals surface area contributed by atoms with E-state index < -0.39 is 12.1 Å².